The van der Waals surface area contributed by atoms with E-state index >= 15 is 0 Å². The van der Waals surface area contributed by atoms with Crippen molar-refractivity contribution in [2.45, 2.75) is 26.3 Å². The molecule has 0 saturated heterocycles. The molecule has 0 spiro atoms. The third kappa shape index (κ3) is 5.37. The van der Waals surface area contributed by atoms with E-state index in [2.05, 4.69) is 24.1 Å². The first kappa shape index (κ1) is 14.3. The van der Waals surface area contributed by atoms with Crippen molar-refractivity contribution >= 4 is 34.8 Å². The number of rotatable bonds is 7. The first-order valence-corrected chi connectivity index (χ1v) is 7.31. The van der Waals surface area contributed by atoms with Crippen molar-refractivity contribution in [1.82, 2.24) is 4.98 Å². The number of aromatic nitrogens is 1. The molecule has 0 aromatic carbocycles. The van der Waals surface area contributed by atoms with E-state index in [0.717, 1.165) is 12.2 Å². The first-order chi connectivity index (χ1) is 8.13. The number of thiocarbonyl (C=S) groups is 1. The molecule has 17 heavy (non-hydrogen) atoms. The normalized spacial score (nSPS) is 12.1. The van der Waals surface area contributed by atoms with Crippen LogP contribution in [-0.2, 0) is 0 Å². The standard InChI is InChI=1S/C12H19N3S2/c1-3-17-8-7-9(2)14-11-6-4-5-10(15-11)12(13)16/h4-6,9H,3,7-8H2,1-2H3,(H2,13,16)(H,14,15). The Labute approximate surface area is 113 Å². The molecule has 0 radical (unpaired) electrons. The largest absolute Gasteiger partial charge is 0.388 e. The maximum absolute atomic E-state index is 5.55. The van der Waals surface area contributed by atoms with Crippen LogP contribution in [-0.4, -0.2) is 27.5 Å². The van der Waals surface area contributed by atoms with Crippen molar-refractivity contribution < 1.29 is 0 Å². The van der Waals surface area contributed by atoms with Gasteiger partial charge < -0.3 is 11.1 Å². The molecule has 1 heterocycles. The van der Waals surface area contributed by atoms with E-state index < -0.39 is 0 Å². The van der Waals surface area contributed by atoms with Gasteiger partial charge in [-0.1, -0.05) is 25.2 Å². The average Bonchev–Trinajstić information content (AvgIpc) is 2.29. The smallest absolute Gasteiger partial charge is 0.126 e. The summed E-state index contributed by atoms with van der Waals surface area (Å²) in [4.78, 5) is 4.69. The molecule has 3 N–H and O–H groups in total. The second-order valence-corrected chi connectivity index (χ2v) is 5.64. The van der Waals surface area contributed by atoms with Crippen molar-refractivity contribution in [1.29, 1.82) is 0 Å². The zero-order chi connectivity index (χ0) is 12.7. The molecule has 0 aliphatic rings. The molecule has 1 rings (SSSR count). The van der Waals surface area contributed by atoms with Crippen LogP contribution >= 0.6 is 24.0 Å². The summed E-state index contributed by atoms with van der Waals surface area (Å²) in [7, 11) is 0. The second kappa shape index (κ2) is 7.50. The Bertz CT molecular complexity index is 369. The highest BCUT2D eigenvalue weighted by molar-refractivity contribution is 7.99. The lowest BCUT2D eigenvalue weighted by Gasteiger charge is -2.14. The van der Waals surface area contributed by atoms with E-state index in [-0.39, 0.29) is 0 Å². The van der Waals surface area contributed by atoms with Crippen molar-refractivity contribution in [3.63, 3.8) is 0 Å². The molecule has 94 valence electrons. The minimum atomic E-state index is 0.336. The summed E-state index contributed by atoms with van der Waals surface area (Å²) in [6.45, 7) is 4.33. The topological polar surface area (TPSA) is 50.9 Å². The lowest BCUT2D eigenvalue weighted by molar-refractivity contribution is 0.766. The van der Waals surface area contributed by atoms with Crippen molar-refractivity contribution in [3.8, 4) is 0 Å². The van der Waals surface area contributed by atoms with Crippen LogP contribution in [0.1, 0.15) is 26.0 Å². The number of hydrogen-bond donors (Lipinski definition) is 2. The predicted octanol–water partition coefficient (Wildman–Crippen LogP) is 2.66. The summed E-state index contributed by atoms with van der Waals surface area (Å²) >= 11 is 6.86. The van der Waals surface area contributed by atoms with Gasteiger partial charge in [-0.15, -0.1) is 0 Å². The van der Waals surface area contributed by atoms with Crippen LogP contribution in [0.3, 0.4) is 0 Å². The van der Waals surface area contributed by atoms with Gasteiger partial charge in [-0.25, -0.2) is 4.98 Å². The minimum absolute atomic E-state index is 0.336. The van der Waals surface area contributed by atoms with Crippen LogP contribution in [0.25, 0.3) is 0 Å². The lowest BCUT2D eigenvalue weighted by atomic mass is 10.2. The zero-order valence-corrected chi connectivity index (χ0v) is 11.9. The molecule has 0 aliphatic carbocycles. The Morgan fingerprint density at radius 1 is 1.59 bits per heavy atom. The molecule has 1 unspecified atom stereocenters. The lowest BCUT2D eigenvalue weighted by Crippen LogP contribution is -2.18. The van der Waals surface area contributed by atoms with Gasteiger partial charge in [0.25, 0.3) is 0 Å². The van der Waals surface area contributed by atoms with Crippen LogP contribution in [0.4, 0.5) is 5.82 Å². The maximum atomic E-state index is 5.55. The van der Waals surface area contributed by atoms with Gasteiger partial charge in [0.2, 0.25) is 0 Å². The number of hydrogen-bond acceptors (Lipinski definition) is 4. The second-order valence-electron chi connectivity index (χ2n) is 3.80. The van der Waals surface area contributed by atoms with Crippen LogP contribution in [0.15, 0.2) is 18.2 Å². The van der Waals surface area contributed by atoms with Crippen molar-refractivity contribution in [2.24, 2.45) is 5.73 Å². The van der Waals surface area contributed by atoms with Crippen molar-refractivity contribution in [3.05, 3.63) is 23.9 Å². The maximum Gasteiger partial charge on any atom is 0.126 e. The highest BCUT2D eigenvalue weighted by Crippen LogP contribution is 2.10. The Morgan fingerprint density at radius 2 is 2.35 bits per heavy atom. The number of anilines is 1. The Kier molecular flexibility index (Phi) is 6.29. The van der Waals surface area contributed by atoms with Crippen LogP contribution in [0.5, 0.6) is 0 Å². The number of nitrogens with zero attached hydrogens (tertiary/aromatic N) is 1. The van der Waals surface area contributed by atoms with E-state index in [1.54, 1.807) is 0 Å². The average molecular weight is 269 g/mol. The van der Waals surface area contributed by atoms with E-state index in [4.69, 9.17) is 18.0 Å². The fraction of sp³-hybridized carbons (Fsp3) is 0.500. The first-order valence-electron chi connectivity index (χ1n) is 5.74. The third-order valence-corrected chi connectivity index (χ3v) is 3.44. The van der Waals surface area contributed by atoms with Gasteiger partial charge in [0.15, 0.2) is 0 Å². The monoisotopic (exact) mass is 269 g/mol. The van der Waals surface area contributed by atoms with Crippen LogP contribution < -0.4 is 11.1 Å². The van der Waals surface area contributed by atoms with Crippen LogP contribution in [0.2, 0.25) is 0 Å². The molecule has 0 fully saturated rings. The van der Waals surface area contributed by atoms with Gasteiger partial charge in [0.05, 0.1) is 5.69 Å². The quantitative estimate of drug-likeness (QED) is 0.589. The van der Waals surface area contributed by atoms with Gasteiger partial charge in [-0.05, 0) is 37.0 Å². The summed E-state index contributed by atoms with van der Waals surface area (Å²) in [6.07, 6.45) is 1.12. The predicted molar refractivity (Wildman–Crippen MR) is 80.8 cm³/mol. The number of nitrogens with two attached hydrogens (primary N) is 1. The number of thioether (sulfide) groups is 1. The summed E-state index contributed by atoms with van der Waals surface area (Å²) in [6, 6.07) is 6.08. The third-order valence-electron chi connectivity index (χ3n) is 2.30. The van der Waals surface area contributed by atoms with Gasteiger partial charge >= 0.3 is 0 Å². The van der Waals surface area contributed by atoms with E-state index in [1.807, 2.05) is 30.0 Å². The molecular formula is C12H19N3S2. The SMILES string of the molecule is CCSCCC(C)Nc1cccc(C(N)=S)n1. The number of nitrogens with one attached hydrogen (secondary N) is 1. The molecule has 0 bridgehead atoms. The molecule has 0 amide bonds. The summed E-state index contributed by atoms with van der Waals surface area (Å²) in [5.41, 5.74) is 6.22. The Balaban J connectivity index is 2.50. The Hall–Kier alpha value is -0.810. The molecule has 0 saturated carbocycles. The van der Waals surface area contributed by atoms with E-state index in [1.165, 1.54) is 11.5 Å². The molecule has 3 nitrogen and oxygen atoms in total. The number of pyridine rings is 1. The molecule has 0 aliphatic heterocycles. The van der Waals surface area contributed by atoms with Gasteiger partial charge in [-0.3, -0.25) is 0 Å². The highest BCUT2D eigenvalue weighted by Gasteiger charge is 2.04. The highest BCUT2D eigenvalue weighted by atomic mass is 32.2. The fourth-order valence-corrected chi connectivity index (χ4v) is 2.30. The molecule has 1 atom stereocenters. The molecular weight excluding hydrogens is 250 g/mol. The fourth-order valence-electron chi connectivity index (χ4n) is 1.38. The van der Waals surface area contributed by atoms with E-state index in [9.17, 15) is 0 Å². The van der Waals surface area contributed by atoms with Crippen molar-refractivity contribution in [2.75, 3.05) is 16.8 Å². The van der Waals surface area contributed by atoms with Gasteiger partial charge in [0, 0.05) is 6.04 Å². The minimum Gasteiger partial charge on any atom is -0.388 e. The van der Waals surface area contributed by atoms with Crippen LogP contribution in [0, 0.1) is 0 Å². The Morgan fingerprint density at radius 3 is 3.00 bits per heavy atom. The van der Waals surface area contributed by atoms with Gasteiger partial charge in [0.1, 0.15) is 10.8 Å². The molecule has 5 heteroatoms. The zero-order valence-electron chi connectivity index (χ0n) is 10.3. The molecule has 1 aromatic heterocycles. The summed E-state index contributed by atoms with van der Waals surface area (Å²) in [5.74, 6) is 3.17. The summed E-state index contributed by atoms with van der Waals surface area (Å²) in [5, 5.41) is 3.36. The van der Waals surface area contributed by atoms with E-state index in [0.29, 0.717) is 16.7 Å². The summed E-state index contributed by atoms with van der Waals surface area (Å²) < 4.78 is 0. The molecule has 1 aromatic rings. The van der Waals surface area contributed by atoms with Gasteiger partial charge in [-0.2, -0.15) is 11.8 Å².